The van der Waals surface area contributed by atoms with E-state index < -0.39 is 0 Å². The van der Waals surface area contributed by atoms with Crippen molar-refractivity contribution in [3.8, 4) is 0 Å². The fraction of sp³-hybridized carbons (Fsp3) is 0.391. The number of H-pyrrole nitrogens is 1. The molecule has 1 amide bonds. The zero-order valence-electron chi connectivity index (χ0n) is 17.8. The minimum atomic E-state index is -0.170. The highest BCUT2D eigenvalue weighted by Crippen LogP contribution is 2.40. The van der Waals surface area contributed by atoms with Gasteiger partial charge in [0.1, 0.15) is 5.69 Å². The minimum absolute atomic E-state index is 0.0270. The van der Waals surface area contributed by atoms with E-state index in [1.165, 1.54) is 0 Å². The minimum Gasteiger partial charge on any atom is -0.364 e. The Morgan fingerprint density at radius 2 is 2.06 bits per heavy atom. The maximum atomic E-state index is 12.1. The van der Waals surface area contributed by atoms with E-state index in [-0.39, 0.29) is 11.5 Å². The number of amides is 1. The average Bonchev–Trinajstić information content (AvgIpc) is 3.60. The Kier molecular flexibility index (Phi) is 4.94. The number of anilines is 1. The summed E-state index contributed by atoms with van der Waals surface area (Å²) in [6.07, 6.45) is 5.54. The summed E-state index contributed by atoms with van der Waals surface area (Å²) in [7, 11) is 1.61. The van der Waals surface area contributed by atoms with Crippen LogP contribution in [-0.2, 0) is 13.0 Å². The van der Waals surface area contributed by atoms with Gasteiger partial charge in [-0.25, -0.2) is 4.98 Å². The van der Waals surface area contributed by atoms with Crippen molar-refractivity contribution in [2.24, 2.45) is 0 Å². The fourth-order valence-electron chi connectivity index (χ4n) is 4.55. The van der Waals surface area contributed by atoms with E-state index in [1.807, 2.05) is 31.3 Å². The van der Waals surface area contributed by atoms with Gasteiger partial charge < -0.3 is 15.2 Å². The standard InChI is InChI=1S/C23H26N6O2/c1-3-15-9-18-19(27-22(15)30)8-14(11-25-18)13-28-6-7-29(21-10-20(21)28)16-4-5-17(26-12-16)23(31)24-2/h4-5,8-9,11-12,20-21H,3,6-7,10,13H2,1-2H3,(H,24,31)(H,27,30)/t20?,21-/m1/s1. The van der Waals surface area contributed by atoms with Crippen LogP contribution in [0.1, 0.15) is 35.0 Å². The zero-order valence-corrected chi connectivity index (χ0v) is 17.8. The molecule has 0 radical (unpaired) electrons. The first-order chi connectivity index (χ1) is 15.1. The predicted molar refractivity (Wildman–Crippen MR) is 119 cm³/mol. The van der Waals surface area contributed by atoms with Crippen LogP contribution in [-0.4, -0.2) is 58.0 Å². The van der Waals surface area contributed by atoms with Crippen LogP contribution in [0.5, 0.6) is 0 Å². The predicted octanol–water partition coefficient (Wildman–Crippen LogP) is 1.70. The third-order valence-electron chi connectivity index (χ3n) is 6.35. The highest BCUT2D eigenvalue weighted by atomic mass is 16.1. The van der Waals surface area contributed by atoms with Crippen LogP contribution in [0.4, 0.5) is 5.69 Å². The number of aryl methyl sites for hydroxylation is 1. The third kappa shape index (κ3) is 3.67. The maximum absolute atomic E-state index is 12.1. The van der Waals surface area contributed by atoms with E-state index >= 15 is 0 Å². The molecule has 1 aliphatic heterocycles. The van der Waals surface area contributed by atoms with Gasteiger partial charge in [-0.15, -0.1) is 0 Å². The lowest BCUT2D eigenvalue weighted by Gasteiger charge is -2.35. The smallest absolute Gasteiger partial charge is 0.269 e. The summed E-state index contributed by atoms with van der Waals surface area (Å²) < 4.78 is 0. The number of piperazine rings is 1. The summed E-state index contributed by atoms with van der Waals surface area (Å²) in [5.41, 5.74) is 4.99. The number of nitrogens with zero attached hydrogens (tertiary/aromatic N) is 4. The van der Waals surface area contributed by atoms with Gasteiger partial charge in [0.2, 0.25) is 0 Å². The normalized spacial score (nSPS) is 20.5. The molecule has 3 aromatic heterocycles. The fourth-order valence-corrected chi connectivity index (χ4v) is 4.55. The molecule has 2 fully saturated rings. The Hall–Kier alpha value is -3.26. The van der Waals surface area contributed by atoms with Gasteiger partial charge in [0, 0.05) is 50.5 Å². The molecule has 0 spiro atoms. The molecule has 2 aliphatic rings. The monoisotopic (exact) mass is 418 g/mol. The molecule has 1 saturated carbocycles. The second-order valence-electron chi connectivity index (χ2n) is 8.27. The van der Waals surface area contributed by atoms with E-state index in [0.717, 1.165) is 53.9 Å². The van der Waals surface area contributed by atoms with Crippen molar-refractivity contribution < 1.29 is 4.79 Å². The Balaban J connectivity index is 1.27. The van der Waals surface area contributed by atoms with Gasteiger partial charge in [-0.1, -0.05) is 6.92 Å². The molecule has 1 unspecified atom stereocenters. The van der Waals surface area contributed by atoms with Crippen molar-refractivity contribution in [1.82, 2.24) is 25.2 Å². The number of aromatic nitrogens is 3. The van der Waals surface area contributed by atoms with E-state index in [9.17, 15) is 9.59 Å². The molecule has 4 heterocycles. The van der Waals surface area contributed by atoms with Gasteiger partial charge in [-0.3, -0.25) is 19.5 Å². The molecule has 2 atom stereocenters. The molecule has 3 aromatic rings. The van der Waals surface area contributed by atoms with Crippen LogP contribution < -0.4 is 15.8 Å². The molecule has 0 bridgehead atoms. The van der Waals surface area contributed by atoms with Crippen LogP contribution in [0, 0.1) is 0 Å². The topological polar surface area (TPSA) is 94.2 Å². The van der Waals surface area contributed by atoms with Crippen LogP contribution in [0.25, 0.3) is 11.0 Å². The lowest BCUT2D eigenvalue weighted by Crippen LogP contribution is -2.46. The lowest BCUT2D eigenvalue weighted by molar-refractivity contribution is 0.0958. The number of hydrogen-bond acceptors (Lipinski definition) is 6. The van der Waals surface area contributed by atoms with Crippen molar-refractivity contribution in [1.29, 1.82) is 0 Å². The molecule has 1 saturated heterocycles. The van der Waals surface area contributed by atoms with Gasteiger partial charge in [0.25, 0.3) is 11.5 Å². The average molecular weight is 419 g/mol. The molecular weight excluding hydrogens is 392 g/mol. The third-order valence-corrected chi connectivity index (χ3v) is 6.35. The van der Waals surface area contributed by atoms with Gasteiger partial charge in [0.05, 0.1) is 22.9 Å². The molecule has 31 heavy (non-hydrogen) atoms. The molecule has 160 valence electrons. The van der Waals surface area contributed by atoms with Crippen LogP contribution >= 0.6 is 0 Å². The summed E-state index contributed by atoms with van der Waals surface area (Å²) in [5, 5.41) is 2.60. The van der Waals surface area contributed by atoms with Gasteiger partial charge >= 0.3 is 0 Å². The Labute approximate surface area is 180 Å². The summed E-state index contributed by atoms with van der Waals surface area (Å²) in [6.45, 7) is 4.66. The van der Waals surface area contributed by atoms with Crippen LogP contribution in [0.2, 0.25) is 0 Å². The van der Waals surface area contributed by atoms with Crippen molar-refractivity contribution in [3.63, 3.8) is 0 Å². The Bertz CT molecular complexity index is 1190. The number of nitrogens with one attached hydrogen (secondary N) is 2. The molecule has 8 nitrogen and oxygen atoms in total. The van der Waals surface area contributed by atoms with Crippen molar-refractivity contribution in [2.75, 3.05) is 25.0 Å². The number of rotatable bonds is 5. The molecule has 5 rings (SSSR count). The van der Waals surface area contributed by atoms with Crippen LogP contribution in [0.15, 0.2) is 41.5 Å². The molecule has 1 aliphatic carbocycles. The molecule has 2 N–H and O–H groups in total. The summed E-state index contributed by atoms with van der Waals surface area (Å²) in [6, 6.07) is 8.68. The zero-order chi connectivity index (χ0) is 21.5. The number of aromatic amines is 1. The second kappa shape index (κ2) is 7.77. The van der Waals surface area contributed by atoms with Crippen molar-refractivity contribution in [2.45, 2.75) is 38.4 Å². The number of fused-ring (bicyclic) bond motifs is 2. The number of carbonyl (C=O) groups is 1. The van der Waals surface area contributed by atoms with E-state index in [4.69, 9.17) is 0 Å². The molecule has 8 heteroatoms. The molecule has 0 aromatic carbocycles. The Morgan fingerprint density at radius 3 is 2.81 bits per heavy atom. The van der Waals surface area contributed by atoms with Gasteiger partial charge in [-0.2, -0.15) is 0 Å². The van der Waals surface area contributed by atoms with E-state index in [2.05, 4.69) is 30.1 Å². The highest BCUT2D eigenvalue weighted by Gasteiger charge is 2.48. The first-order valence-corrected chi connectivity index (χ1v) is 10.8. The van der Waals surface area contributed by atoms with E-state index in [1.54, 1.807) is 19.3 Å². The molecular formula is C23H26N6O2. The summed E-state index contributed by atoms with van der Waals surface area (Å²) in [4.78, 5) is 40.6. The second-order valence-corrected chi connectivity index (χ2v) is 8.27. The first kappa shape index (κ1) is 19.7. The van der Waals surface area contributed by atoms with Gasteiger partial charge in [0.15, 0.2) is 0 Å². The van der Waals surface area contributed by atoms with Crippen molar-refractivity contribution >= 4 is 22.6 Å². The maximum Gasteiger partial charge on any atom is 0.269 e. The quantitative estimate of drug-likeness (QED) is 0.655. The number of carbonyl (C=O) groups excluding carboxylic acids is 1. The number of pyridine rings is 3. The van der Waals surface area contributed by atoms with E-state index in [0.29, 0.717) is 24.2 Å². The van der Waals surface area contributed by atoms with Gasteiger partial charge in [-0.05, 0) is 42.7 Å². The highest BCUT2D eigenvalue weighted by molar-refractivity contribution is 5.92. The van der Waals surface area contributed by atoms with Crippen molar-refractivity contribution in [3.05, 3.63) is 63.8 Å². The largest absolute Gasteiger partial charge is 0.364 e. The first-order valence-electron chi connectivity index (χ1n) is 10.8. The summed E-state index contributed by atoms with van der Waals surface area (Å²) >= 11 is 0. The lowest BCUT2D eigenvalue weighted by atomic mass is 10.1. The van der Waals surface area contributed by atoms with Crippen LogP contribution in [0.3, 0.4) is 0 Å². The number of hydrogen-bond donors (Lipinski definition) is 2. The Morgan fingerprint density at radius 1 is 1.19 bits per heavy atom. The SMILES string of the molecule is CCc1cc2ncc(CN3CCN(c4ccc(C(=O)NC)nc4)[C@@H]4CC43)cc2[nH]c1=O. The summed E-state index contributed by atoms with van der Waals surface area (Å²) in [5.74, 6) is -0.170.